The summed E-state index contributed by atoms with van der Waals surface area (Å²) in [5, 5.41) is 9.01. The van der Waals surface area contributed by atoms with Gasteiger partial charge in [0.05, 0.1) is 0 Å². The molecule has 1 atom stereocenters. The fourth-order valence-corrected chi connectivity index (χ4v) is 4.26. The normalized spacial score (nSPS) is 14.8. The van der Waals surface area contributed by atoms with Crippen molar-refractivity contribution in [2.45, 2.75) is 26.2 Å². The fourth-order valence-electron chi connectivity index (χ4n) is 4.13. The molecule has 9 nitrogen and oxygen atoms in total. The maximum atomic E-state index is 13.4. The van der Waals surface area contributed by atoms with Gasteiger partial charge in [-0.25, -0.2) is 9.59 Å². The maximum Gasteiger partial charge on any atom is 0.323 e. The van der Waals surface area contributed by atoms with Gasteiger partial charge in [0.15, 0.2) is 6.17 Å². The minimum atomic E-state index is -1.14. The number of anilines is 2. The molecule has 1 aliphatic heterocycles. The van der Waals surface area contributed by atoms with Gasteiger partial charge >= 0.3 is 12.1 Å². The zero-order valence-electron chi connectivity index (χ0n) is 20.4. The lowest BCUT2D eigenvalue weighted by Gasteiger charge is -2.29. The van der Waals surface area contributed by atoms with Crippen LogP contribution in [0.3, 0.4) is 0 Å². The van der Waals surface area contributed by atoms with Crippen LogP contribution in [0.15, 0.2) is 72.8 Å². The Morgan fingerprint density at radius 1 is 0.865 bits per heavy atom. The van der Waals surface area contributed by atoms with E-state index in [1.807, 2.05) is 49.4 Å². The van der Waals surface area contributed by atoms with E-state index in [1.165, 1.54) is 9.80 Å². The van der Waals surface area contributed by atoms with E-state index in [2.05, 4.69) is 16.0 Å². The van der Waals surface area contributed by atoms with Gasteiger partial charge < -0.3 is 21.7 Å². The van der Waals surface area contributed by atoms with E-state index in [1.54, 1.807) is 30.3 Å². The number of benzene rings is 3. The first kappa shape index (κ1) is 26.0. The molecule has 5 N–H and O–H groups in total. The number of hydrogen-bond acceptors (Lipinski definition) is 4. The highest BCUT2D eigenvalue weighted by atomic mass is 35.5. The number of carbonyl (C=O) groups is 3. The number of urea groups is 2. The van der Waals surface area contributed by atoms with Crippen molar-refractivity contribution in [3.63, 3.8) is 0 Å². The Balaban J connectivity index is 1.52. The van der Waals surface area contributed by atoms with Crippen LogP contribution >= 0.6 is 11.6 Å². The first-order valence-corrected chi connectivity index (χ1v) is 12.2. The third-order valence-electron chi connectivity index (χ3n) is 5.99. The molecule has 1 aliphatic rings. The van der Waals surface area contributed by atoms with Crippen molar-refractivity contribution < 1.29 is 14.4 Å². The molecule has 0 aliphatic carbocycles. The van der Waals surface area contributed by atoms with Gasteiger partial charge in [-0.05, 0) is 60.0 Å². The zero-order valence-corrected chi connectivity index (χ0v) is 21.2. The van der Waals surface area contributed by atoms with E-state index in [-0.39, 0.29) is 19.6 Å². The third-order valence-corrected chi connectivity index (χ3v) is 6.24. The number of nitrogens with two attached hydrogens (primary N) is 1. The molecule has 0 aromatic heterocycles. The molecule has 3 aromatic rings. The van der Waals surface area contributed by atoms with Gasteiger partial charge in [0.1, 0.15) is 0 Å². The number of nitrogens with zero attached hydrogens (tertiary/aromatic N) is 2. The number of halogens is 1. The van der Waals surface area contributed by atoms with E-state index in [0.717, 1.165) is 16.7 Å². The smallest absolute Gasteiger partial charge is 0.323 e. The van der Waals surface area contributed by atoms with Crippen LogP contribution in [0.25, 0.3) is 0 Å². The summed E-state index contributed by atoms with van der Waals surface area (Å²) >= 11 is 5.94. The number of carbonyl (C=O) groups excluding carboxylic acids is 3. The second-order valence-electron chi connectivity index (χ2n) is 8.74. The number of nitrogens with one attached hydrogen (secondary N) is 3. The van der Waals surface area contributed by atoms with Crippen molar-refractivity contribution in [1.82, 2.24) is 15.1 Å². The Morgan fingerprint density at radius 2 is 1.49 bits per heavy atom. The molecular weight excluding hydrogens is 492 g/mol. The van der Waals surface area contributed by atoms with E-state index >= 15 is 0 Å². The average Bonchev–Trinajstić information content (AvgIpc) is 3.34. The highest BCUT2D eigenvalue weighted by molar-refractivity contribution is 6.30. The largest absolute Gasteiger partial charge is 0.349 e. The zero-order chi connectivity index (χ0) is 26.4. The van der Waals surface area contributed by atoms with Crippen LogP contribution < -0.4 is 21.7 Å². The van der Waals surface area contributed by atoms with Crippen molar-refractivity contribution in [2.24, 2.45) is 5.73 Å². The van der Waals surface area contributed by atoms with Crippen LogP contribution in [0.2, 0.25) is 5.02 Å². The summed E-state index contributed by atoms with van der Waals surface area (Å²) in [7, 11) is 0. The molecule has 10 heteroatoms. The van der Waals surface area contributed by atoms with Crippen LogP contribution in [-0.2, 0) is 17.9 Å². The first-order chi connectivity index (χ1) is 17.8. The Morgan fingerprint density at radius 3 is 2.14 bits per heavy atom. The second-order valence-corrected chi connectivity index (χ2v) is 9.18. The summed E-state index contributed by atoms with van der Waals surface area (Å²) in [6.45, 7) is 2.90. The van der Waals surface area contributed by atoms with E-state index < -0.39 is 24.1 Å². The quantitative estimate of drug-likeness (QED) is 0.390. The lowest BCUT2D eigenvalue weighted by Crippen LogP contribution is -2.55. The van der Waals surface area contributed by atoms with Crippen molar-refractivity contribution in [1.29, 1.82) is 0 Å². The molecule has 0 saturated carbocycles. The topological polar surface area (TPSA) is 120 Å². The first-order valence-electron chi connectivity index (χ1n) is 11.9. The van der Waals surface area contributed by atoms with Crippen molar-refractivity contribution in [3.05, 3.63) is 94.5 Å². The number of amides is 5. The van der Waals surface area contributed by atoms with Crippen LogP contribution in [-0.4, -0.2) is 47.0 Å². The standard InChI is InChI=1S/C27H29ClN6O3/c1-18-4-2-7-23(14-18)32-27(37)34-13-12-33(26(36)31-22-10-8-21(28)9-11-22)25(34)24(35)30-17-20-6-3-5-19(15-20)16-29/h2-11,14-15,25H,12-13,16-17,29H2,1H3,(H,30,35)(H,31,36)(H,32,37). The van der Waals surface area contributed by atoms with Crippen LogP contribution in [0, 0.1) is 6.92 Å². The van der Waals surface area contributed by atoms with E-state index in [9.17, 15) is 14.4 Å². The molecular formula is C27H29ClN6O3. The Hall–Kier alpha value is -4.08. The van der Waals surface area contributed by atoms with Gasteiger partial charge in [0.2, 0.25) is 0 Å². The third kappa shape index (κ3) is 6.58. The minimum Gasteiger partial charge on any atom is -0.349 e. The maximum absolute atomic E-state index is 13.4. The summed E-state index contributed by atoms with van der Waals surface area (Å²) in [6.07, 6.45) is -1.14. The van der Waals surface area contributed by atoms with Gasteiger partial charge in [-0.2, -0.15) is 0 Å². The molecule has 192 valence electrons. The van der Waals surface area contributed by atoms with Crippen LogP contribution in [0.5, 0.6) is 0 Å². The lowest BCUT2D eigenvalue weighted by atomic mass is 10.1. The van der Waals surface area contributed by atoms with E-state index in [0.29, 0.717) is 22.9 Å². The Bertz CT molecular complexity index is 1280. The molecule has 0 spiro atoms. The molecule has 0 bridgehead atoms. The molecule has 37 heavy (non-hydrogen) atoms. The average molecular weight is 521 g/mol. The molecule has 4 rings (SSSR count). The summed E-state index contributed by atoms with van der Waals surface area (Å²) in [5.41, 5.74) is 9.64. The predicted molar refractivity (Wildman–Crippen MR) is 144 cm³/mol. The summed E-state index contributed by atoms with van der Waals surface area (Å²) in [6, 6.07) is 20.6. The number of rotatable bonds is 6. The molecule has 0 radical (unpaired) electrons. The number of hydrogen-bond donors (Lipinski definition) is 4. The van der Waals surface area contributed by atoms with Gasteiger partial charge in [-0.15, -0.1) is 0 Å². The van der Waals surface area contributed by atoms with Gasteiger partial charge in [0.25, 0.3) is 5.91 Å². The van der Waals surface area contributed by atoms with Gasteiger partial charge in [-0.3, -0.25) is 14.6 Å². The SMILES string of the molecule is Cc1cccc(NC(=O)N2CCN(C(=O)Nc3ccc(Cl)cc3)C2C(=O)NCc2cccc(CN)c2)c1. The molecule has 1 unspecified atom stereocenters. The Labute approximate surface area is 220 Å². The summed E-state index contributed by atoms with van der Waals surface area (Å²) in [4.78, 5) is 42.5. The molecule has 1 heterocycles. The molecule has 5 amide bonds. The summed E-state index contributed by atoms with van der Waals surface area (Å²) < 4.78 is 0. The van der Waals surface area contributed by atoms with Crippen LogP contribution in [0.4, 0.5) is 21.0 Å². The lowest BCUT2D eigenvalue weighted by molar-refractivity contribution is -0.127. The predicted octanol–water partition coefficient (Wildman–Crippen LogP) is 4.13. The summed E-state index contributed by atoms with van der Waals surface area (Å²) in [5.74, 6) is -0.471. The van der Waals surface area contributed by atoms with Crippen LogP contribution in [0.1, 0.15) is 16.7 Å². The monoisotopic (exact) mass is 520 g/mol. The van der Waals surface area contributed by atoms with Crippen molar-refractivity contribution in [2.75, 3.05) is 23.7 Å². The second kappa shape index (κ2) is 11.8. The van der Waals surface area contributed by atoms with Gasteiger partial charge in [0, 0.05) is 42.6 Å². The van der Waals surface area contributed by atoms with Crippen molar-refractivity contribution >= 4 is 40.9 Å². The molecule has 1 saturated heterocycles. The fraction of sp³-hybridized carbons (Fsp3) is 0.222. The Kier molecular flexibility index (Phi) is 8.27. The van der Waals surface area contributed by atoms with E-state index in [4.69, 9.17) is 17.3 Å². The number of aryl methyl sites for hydroxylation is 1. The molecule has 3 aromatic carbocycles. The minimum absolute atomic E-state index is 0.182. The highest BCUT2D eigenvalue weighted by Crippen LogP contribution is 2.21. The van der Waals surface area contributed by atoms with Crippen molar-refractivity contribution in [3.8, 4) is 0 Å². The van der Waals surface area contributed by atoms with Gasteiger partial charge in [-0.1, -0.05) is 48.0 Å². The highest BCUT2D eigenvalue weighted by Gasteiger charge is 2.42. The molecule has 1 fully saturated rings.